The Balaban J connectivity index is 1.45. The van der Waals surface area contributed by atoms with Crippen molar-refractivity contribution in [3.05, 3.63) is 125 Å². The summed E-state index contributed by atoms with van der Waals surface area (Å²) in [5.41, 5.74) is 3.59. The number of esters is 1. The Bertz CT molecular complexity index is 1360. The van der Waals surface area contributed by atoms with Crippen LogP contribution < -0.4 is 10.1 Å². The number of nitriles is 1. The number of rotatable bonds is 7. The highest BCUT2D eigenvalue weighted by atomic mass is 35.5. The van der Waals surface area contributed by atoms with Gasteiger partial charge in [-0.15, -0.1) is 0 Å². The topological polar surface area (TPSA) is 79.2 Å². The van der Waals surface area contributed by atoms with Crippen LogP contribution >= 0.6 is 11.6 Å². The molecule has 172 valence electrons. The van der Waals surface area contributed by atoms with Gasteiger partial charge in [-0.05, 0) is 53.1 Å². The normalized spacial score (nSPS) is 11.2. The molecule has 0 saturated heterocycles. The molecular weight excluding hydrogens is 460 g/mol. The first-order valence-electron chi connectivity index (χ1n) is 10.9. The van der Waals surface area contributed by atoms with Crippen LogP contribution in [0.5, 0.6) is 5.75 Å². The quantitative estimate of drug-likeness (QED) is 0.247. The van der Waals surface area contributed by atoms with Crippen molar-refractivity contribution in [2.24, 2.45) is 0 Å². The summed E-state index contributed by atoms with van der Waals surface area (Å²) in [6, 6.07) is 31.9. The Morgan fingerprint density at radius 1 is 0.829 bits per heavy atom. The fourth-order valence-corrected chi connectivity index (χ4v) is 3.83. The van der Waals surface area contributed by atoms with Crippen molar-refractivity contribution in [3.8, 4) is 22.9 Å². The lowest BCUT2D eigenvalue weighted by molar-refractivity contribution is -0.134. The number of carbonyl (C=O) groups is 2. The Labute approximate surface area is 208 Å². The smallest absolute Gasteiger partial charge is 0.313 e. The van der Waals surface area contributed by atoms with Crippen molar-refractivity contribution in [1.82, 2.24) is 5.32 Å². The number of nitrogens with zero attached hydrogens (tertiary/aromatic N) is 1. The standard InChI is InChI=1S/C29H21ClN2O3/c30-26-9-5-4-8-25(26)29(34)32-27(23-6-2-1-3-7-23)18-28(33)35-24-16-14-22(15-17-24)21-12-10-20(19-31)11-13-21/h1-17,27H,18H2,(H,32,34)/t27-/m1/s1. The molecule has 4 rings (SSSR count). The molecule has 0 bridgehead atoms. The average molecular weight is 481 g/mol. The lowest BCUT2D eigenvalue weighted by Crippen LogP contribution is -2.31. The van der Waals surface area contributed by atoms with Gasteiger partial charge in [-0.25, -0.2) is 0 Å². The van der Waals surface area contributed by atoms with Crippen LogP contribution in [-0.2, 0) is 4.79 Å². The van der Waals surface area contributed by atoms with Gasteiger partial charge >= 0.3 is 5.97 Å². The van der Waals surface area contributed by atoms with Gasteiger partial charge in [0.05, 0.1) is 34.7 Å². The number of nitrogens with one attached hydrogen (secondary N) is 1. The van der Waals surface area contributed by atoms with Crippen LogP contribution in [0.3, 0.4) is 0 Å². The molecule has 0 saturated carbocycles. The number of ether oxygens (including phenoxy) is 1. The van der Waals surface area contributed by atoms with Gasteiger partial charge in [-0.1, -0.05) is 78.3 Å². The van der Waals surface area contributed by atoms with Gasteiger partial charge < -0.3 is 10.1 Å². The summed E-state index contributed by atoms with van der Waals surface area (Å²) < 4.78 is 5.55. The summed E-state index contributed by atoms with van der Waals surface area (Å²) >= 11 is 6.17. The van der Waals surface area contributed by atoms with E-state index in [1.54, 1.807) is 48.5 Å². The number of amides is 1. The molecule has 0 heterocycles. The highest BCUT2D eigenvalue weighted by molar-refractivity contribution is 6.33. The maximum atomic E-state index is 12.8. The summed E-state index contributed by atoms with van der Waals surface area (Å²) in [5.74, 6) is -0.454. The molecule has 0 fully saturated rings. The zero-order chi connectivity index (χ0) is 24.6. The summed E-state index contributed by atoms with van der Waals surface area (Å²) in [6.45, 7) is 0. The van der Waals surface area contributed by atoms with Crippen LogP contribution in [0.25, 0.3) is 11.1 Å². The van der Waals surface area contributed by atoms with Crippen LogP contribution in [0.15, 0.2) is 103 Å². The SMILES string of the molecule is N#Cc1ccc(-c2ccc(OC(=O)C[C@@H](NC(=O)c3ccccc3Cl)c3ccccc3)cc2)cc1. The average Bonchev–Trinajstić information content (AvgIpc) is 2.89. The second-order valence-electron chi connectivity index (χ2n) is 7.81. The molecule has 1 atom stereocenters. The number of hydrogen-bond acceptors (Lipinski definition) is 4. The second kappa shape index (κ2) is 11.1. The van der Waals surface area contributed by atoms with E-state index in [0.717, 1.165) is 16.7 Å². The largest absolute Gasteiger partial charge is 0.426 e. The summed E-state index contributed by atoms with van der Waals surface area (Å²) in [7, 11) is 0. The molecule has 6 heteroatoms. The van der Waals surface area contributed by atoms with E-state index < -0.39 is 12.0 Å². The molecule has 0 unspecified atom stereocenters. The summed E-state index contributed by atoms with van der Waals surface area (Å²) in [4.78, 5) is 25.6. The highest BCUT2D eigenvalue weighted by Crippen LogP contribution is 2.25. The molecule has 35 heavy (non-hydrogen) atoms. The molecule has 1 amide bonds. The lowest BCUT2D eigenvalue weighted by atomic mass is 10.0. The van der Waals surface area contributed by atoms with Crippen molar-refractivity contribution in [2.45, 2.75) is 12.5 Å². The molecule has 5 nitrogen and oxygen atoms in total. The number of carbonyl (C=O) groups excluding carboxylic acids is 2. The van der Waals surface area contributed by atoms with Crippen LogP contribution in [0, 0.1) is 11.3 Å². The van der Waals surface area contributed by atoms with E-state index in [0.29, 0.717) is 21.9 Å². The van der Waals surface area contributed by atoms with Gasteiger partial charge in [0, 0.05) is 0 Å². The predicted molar refractivity (Wildman–Crippen MR) is 135 cm³/mol. The molecule has 0 aliphatic carbocycles. The van der Waals surface area contributed by atoms with Gasteiger partial charge in [0.25, 0.3) is 5.91 Å². The van der Waals surface area contributed by atoms with E-state index in [1.807, 2.05) is 54.6 Å². The minimum Gasteiger partial charge on any atom is -0.426 e. The third-order valence-electron chi connectivity index (χ3n) is 5.43. The van der Waals surface area contributed by atoms with Gasteiger partial charge in [0.15, 0.2) is 0 Å². The Morgan fingerprint density at radius 3 is 2.06 bits per heavy atom. The third-order valence-corrected chi connectivity index (χ3v) is 5.76. The molecule has 1 N–H and O–H groups in total. The lowest BCUT2D eigenvalue weighted by Gasteiger charge is -2.19. The first-order chi connectivity index (χ1) is 17.0. The van der Waals surface area contributed by atoms with E-state index in [2.05, 4.69) is 11.4 Å². The summed E-state index contributed by atoms with van der Waals surface area (Å²) in [6.07, 6.45) is -0.0580. The highest BCUT2D eigenvalue weighted by Gasteiger charge is 2.21. The number of benzene rings is 4. The zero-order valence-electron chi connectivity index (χ0n) is 18.6. The Hall–Kier alpha value is -4.40. The van der Waals surface area contributed by atoms with Crippen molar-refractivity contribution < 1.29 is 14.3 Å². The van der Waals surface area contributed by atoms with E-state index in [4.69, 9.17) is 21.6 Å². The molecule has 0 aromatic heterocycles. The van der Waals surface area contributed by atoms with E-state index in [1.165, 1.54) is 0 Å². The molecule has 0 aliphatic rings. The van der Waals surface area contributed by atoms with Crippen molar-refractivity contribution in [3.63, 3.8) is 0 Å². The minimum absolute atomic E-state index is 0.0580. The predicted octanol–water partition coefficient (Wildman–Crippen LogP) is 6.35. The maximum absolute atomic E-state index is 12.8. The molecule has 4 aromatic carbocycles. The first-order valence-corrected chi connectivity index (χ1v) is 11.3. The van der Waals surface area contributed by atoms with Crippen LogP contribution in [0.4, 0.5) is 0 Å². The Kier molecular flexibility index (Phi) is 7.57. The van der Waals surface area contributed by atoms with Crippen LogP contribution in [0.1, 0.15) is 33.9 Å². The van der Waals surface area contributed by atoms with Crippen molar-refractivity contribution >= 4 is 23.5 Å². The maximum Gasteiger partial charge on any atom is 0.313 e. The van der Waals surface area contributed by atoms with Crippen LogP contribution in [0.2, 0.25) is 5.02 Å². The summed E-state index contributed by atoms with van der Waals surface area (Å²) in [5, 5.41) is 12.2. The monoisotopic (exact) mass is 480 g/mol. The third kappa shape index (κ3) is 6.14. The van der Waals surface area contributed by atoms with Crippen molar-refractivity contribution in [1.29, 1.82) is 5.26 Å². The van der Waals surface area contributed by atoms with Gasteiger partial charge in [-0.2, -0.15) is 5.26 Å². The molecule has 0 aliphatic heterocycles. The van der Waals surface area contributed by atoms with Crippen LogP contribution in [-0.4, -0.2) is 11.9 Å². The number of halogens is 1. The number of hydrogen-bond donors (Lipinski definition) is 1. The first kappa shape index (κ1) is 23.7. The fourth-order valence-electron chi connectivity index (χ4n) is 3.61. The van der Waals surface area contributed by atoms with E-state index in [9.17, 15) is 9.59 Å². The van der Waals surface area contributed by atoms with Crippen molar-refractivity contribution in [2.75, 3.05) is 0 Å². The Morgan fingerprint density at radius 2 is 1.43 bits per heavy atom. The molecule has 4 aromatic rings. The zero-order valence-corrected chi connectivity index (χ0v) is 19.4. The van der Waals surface area contributed by atoms with E-state index in [-0.39, 0.29) is 12.3 Å². The molecule has 0 spiro atoms. The van der Waals surface area contributed by atoms with E-state index >= 15 is 0 Å². The van der Waals surface area contributed by atoms with Gasteiger partial charge in [0.2, 0.25) is 0 Å². The molecular formula is C29H21ClN2O3. The minimum atomic E-state index is -0.592. The van der Waals surface area contributed by atoms with Gasteiger partial charge in [-0.3, -0.25) is 9.59 Å². The fraction of sp³-hybridized carbons (Fsp3) is 0.0690. The second-order valence-corrected chi connectivity index (χ2v) is 8.22. The molecule has 0 radical (unpaired) electrons. The van der Waals surface area contributed by atoms with Gasteiger partial charge in [0.1, 0.15) is 5.75 Å².